The first-order chi connectivity index (χ1) is 6.65. The van der Waals surface area contributed by atoms with Gasteiger partial charge in [0.2, 0.25) is 5.91 Å². The summed E-state index contributed by atoms with van der Waals surface area (Å²) in [6, 6.07) is 0. The number of hydrogen-bond acceptors (Lipinski definition) is 1. The minimum absolute atomic E-state index is 0.0302. The first kappa shape index (κ1) is 10.9. The molecule has 0 bridgehead atoms. The molecule has 1 spiro atoms. The number of nitrogens with zero attached hydrogens (tertiary/aromatic N) is 1. The predicted octanol–water partition coefficient (Wildman–Crippen LogP) is 2.38. The highest BCUT2D eigenvalue weighted by atomic mass is 19.1. The molecule has 1 atom stereocenters. The lowest BCUT2D eigenvalue weighted by molar-refractivity contribution is -0.141. The molecular formula is C12H20FNO. The van der Waals surface area contributed by atoms with Gasteiger partial charge < -0.3 is 4.90 Å². The van der Waals surface area contributed by atoms with Crippen LogP contribution in [0.1, 0.15) is 40.5 Å². The zero-order valence-electron chi connectivity index (χ0n) is 10.1. The number of hydrogen-bond donors (Lipinski definition) is 0. The Kier molecular flexibility index (Phi) is 1.99. The zero-order chi connectivity index (χ0) is 11.5. The average molecular weight is 213 g/mol. The van der Waals surface area contributed by atoms with Gasteiger partial charge in [-0.1, -0.05) is 20.8 Å². The number of carbonyl (C=O) groups excluding carboxylic acids is 1. The van der Waals surface area contributed by atoms with Crippen LogP contribution in [-0.2, 0) is 4.79 Å². The van der Waals surface area contributed by atoms with Gasteiger partial charge in [-0.15, -0.1) is 0 Å². The standard InChI is InChI=1S/C12H20FNO/c1-10(2,3)5-9(15)14-7-12(8-14)6-11(12,4)13/h5-8H2,1-4H3. The SMILES string of the molecule is CC(C)(C)CC(=O)N1CC2(C1)CC2(C)F. The number of amides is 1. The normalized spacial score (nSPS) is 32.7. The lowest BCUT2D eigenvalue weighted by Crippen LogP contribution is -2.54. The highest BCUT2D eigenvalue weighted by Crippen LogP contribution is 2.64. The van der Waals surface area contributed by atoms with Crippen LogP contribution in [0.5, 0.6) is 0 Å². The van der Waals surface area contributed by atoms with Gasteiger partial charge in [0.1, 0.15) is 5.67 Å². The van der Waals surface area contributed by atoms with E-state index < -0.39 is 5.67 Å². The van der Waals surface area contributed by atoms with Crippen LogP contribution in [0, 0.1) is 10.8 Å². The van der Waals surface area contributed by atoms with E-state index in [9.17, 15) is 9.18 Å². The second kappa shape index (κ2) is 2.74. The molecule has 0 aromatic heterocycles. The second-order valence-corrected chi connectivity index (χ2v) is 6.64. The van der Waals surface area contributed by atoms with E-state index in [0.717, 1.165) is 0 Å². The van der Waals surface area contributed by atoms with Crippen molar-refractivity contribution in [3.05, 3.63) is 0 Å². The maximum atomic E-state index is 13.5. The van der Waals surface area contributed by atoms with Gasteiger partial charge in [0, 0.05) is 24.9 Å². The van der Waals surface area contributed by atoms with E-state index in [0.29, 0.717) is 25.9 Å². The van der Waals surface area contributed by atoms with Crippen LogP contribution in [-0.4, -0.2) is 29.6 Å². The Morgan fingerprint density at radius 1 is 1.40 bits per heavy atom. The zero-order valence-corrected chi connectivity index (χ0v) is 10.1. The van der Waals surface area contributed by atoms with Gasteiger partial charge in [0.05, 0.1) is 0 Å². The van der Waals surface area contributed by atoms with Gasteiger partial charge in [0.25, 0.3) is 0 Å². The van der Waals surface area contributed by atoms with Crippen molar-refractivity contribution in [2.45, 2.75) is 46.2 Å². The number of carbonyl (C=O) groups is 1. The lowest BCUT2D eigenvalue weighted by Gasteiger charge is -2.42. The molecule has 0 aromatic rings. The van der Waals surface area contributed by atoms with Crippen LogP contribution in [0.3, 0.4) is 0 Å². The van der Waals surface area contributed by atoms with Crippen molar-refractivity contribution < 1.29 is 9.18 Å². The van der Waals surface area contributed by atoms with Crippen molar-refractivity contribution in [3.8, 4) is 0 Å². The van der Waals surface area contributed by atoms with Gasteiger partial charge in [-0.2, -0.15) is 0 Å². The van der Waals surface area contributed by atoms with Crippen LogP contribution in [0.15, 0.2) is 0 Å². The Balaban J connectivity index is 1.83. The summed E-state index contributed by atoms with van der Waals surface area (Å²) in [5, 5.41) is 0. The highest BCUT2D eigenvalue weighted by molar-refractivity contribution is 5.78. The largest absolute Gasteiger partial charge is 0.341 e. The first-order valence-electron chi connectivity index (χ1n) is 5.62. The summed E-state index contributed by atoms with van der Waals surface area (Å²) in [6.07, 6.45) is 1.20. The molecule has 1 amide bonds. The third kappa shape index (κ3) is 1.77. The summed E-state index contributed by atoms with van der Waals surface area (Å²) in [5.74, 6) is 0.177. The summed E-state index contributed by atoms with van der Waals surface area (Å²) in [6.45, 7) is 9.08. The van der Waals surface area contributed by atoms with Crippen molar-refractivity contribution in [1.82, 2.24) is 4.90 Å². The molecule has 1 saturated heterocycles. The molecule has 1 aliphatic heterocycles. The van der Waals surface area contributed by atoms with Crippen molar-refractivity contribution in [1.29, 1.82) is 0 Å². The van der Waals surface area contributed by atoms with Crippen LogP contribution in [0.2, 0.25) is 0 Å². The van der Waals surface area contributed by atoms with Gasteiger partial charge >= 0.3 is 0 Å². The second-order valence-electron chi connectivity index (χ2n) is 6.64. The van der Waals surface area contributed by atoms with Crippen LogP contribution in [0.25, 0.3) is 0 Å². The van der Waals surface area contributed by atoms with Crippen molar-refractivity contribution in [3.63, 3.8) is 0 Å². The molecule has 2 nitrogen and oxygen atoms in total. The molecule has 1 saturated carbocycles. The molecule has 0 N–H and O–H groups in total. The Morgan fingerprint density at radius 3 is 2.20 bits per heavy atom. The topological polar surface area (TPSA) is 20.3 Å². The van der Waals surface area contributed by atoms with Crippen LogP contribution in [0.4, 0.5) is 4.39 Å². The fourth-order valence-corrected chi connectivity index (χ4v) is 2.46. The van der Waals surface area contributed by atoms with E-state index in [1.54, 1.807) is 11.8 Å². The molecular weight excluding hydrogens is 193 g/mol. The molecule has 86 valence electrons. The van der Waals surface area contributed by atoms with Gasteiger partial charge in [0.15, 0.2) is 0 Å². The Labute approximate surface area is 90.8 Å². The van der Waals surface area contributed by atoms with Crippen molar-refractivity contribution >= 4 is 5.91 Å². The minimum Gasteiger partial charge on any atom is -0.341 e. The third-order valence-electron chi connectivity index (χ3n) is 3.67. The fourth-order valence-electron chi connectivity index (χ4n) is 2.46. The molecule has 3 heteroatoms. The first-order valence-corrected chi connectivity index (χ1v) is 5.62. The van der Waals surface area contributed by atoms with Crippen LogP contribution >= 0.6 is 0 Å². The highest BCUT2D eigenvalue weighted by Gasteiger charge is 2.71. The quantitative estimate of drug-likeness (QED) is 0.655. The summed E-state index contributed by atoms with van der Waals surface area (Å²) in [5.41, 5.74) is -1.14. The molecule has 0 radical (unpaired) electrons. The van der Waals surface area contributed by atoms with E-state index in [1.807, 2.05) is 0 Å². The smallest absolute Gasteiger partial charge is 0.223 e. The summed E-state index contributed by atoms with van der Waals surface area (Å²) in [7, 11) is 0. The van der Waals surface area contributed by atoms with Gasteiger partial charge in [-0.25, -0.2) is 4.39 Å². The molecule has 2 fully saturated rings. The number of alkyl halides is 1. The molecule has 1 heterocycles. The van der Waals surface area contributed by atoms with Crippen LogP contribution < -0.4 is 0 Å². The average Bonchev–Trinajstić information content (AvgIpc) is 2.46. The number of halogens is 1. The van der Waals surface area contributed by atoms with Crippen molar-refractivity contribution in [2.75, 3.05) is 13.1 Å². The molecule has 2 aliphatic rings. The van der Waals surface area contributed by atoms with E-state index >= 15 is 0 Å². The Hall–Kier alpha value is -0.600. The van der Waals surface area contributed by atoms with E-state index in [-0.39, 0.29) is 16.7 Å². The minimum atomic E-state index is -1.01. The molecule has 0 aromatic carbocycles. The lowest BCUT2D eigenvalue weighted by atomic mass is 9.88. The Bertz CT molecular complexity index is 297. The van der Waals surface area contributed by atoms with E-state index in [2.05, 4.69) is 20.8 Å². The van der Waals surface area contributed by atoms with Crippen molar-refractivity contribution in [2.24, 2.45) is 10.8 Å². The summed E-state index contributed by atoms with van der Waals surface area (Å²) in [4.78, 5) is 13.6. The Morgan fingerprint density at radius 2 is 1.87 bits per heavy atom. The van der Waals surface area contributed by atoms with E-state index in [4.69, 9.17) is 0 Å². The van der Waals surface area contributed by atoms with E-state index in [1.165, 1.54) is 0 Å². The third-order valence-corrected chi connectivity index (χ3v) is 3.67. The molecule has 1 unspecified atom stereocenters. The molecule has 15 heavy (non-hydrogen) atoms. The monoisotopic (exact) mass is 213 g/mol. The fraction of sp³-hybridized carbons (Fsp3) is 0.917. The number of rotatable bonds is 1. The number of likely N-dealkylation sites (tertiary alicyclic amines) is 1. The maximum Gasteiger partial charge on any atom is 0.223 e. The molecule has 2 rings (SSSR count). The maximum absolute atomic E-state index is 13.5. The van der Waals surface area contributed by atoms with Gasteiger partial charge in [-0.3, -0.25) is 4.79 Å². The molecule has 1 aliphatic carbocycles. The predicted molar refractivity (Wildman–Crippen MR) is 57.2 cm³/mol. The van der Waals surface area contributed by atoms with Gasteiger partial charge in [-0.05, 0) is 18.8 Å². The summed E-state index contributed by atoms with van der Waals surface area (Å²) < 4.78 is 13.5. The summed E-state index contributed by atoms with van der Waals surface area (Å²) >= 11 is 0.